The SMILES string of the molecule is C#Cc1cnc(-c2ccc3cc(C#N)cnn23)cc1NC1CC(CNC(=O)OC)C1.COC(=O)NCC1CC(Nc2cc(-c3ccc4cc(C#N)cnn34)ncc2-c2cn(C(F)F)nn2)C1.FC(F)I. The van der Waals surface area contributed by atoms with E-state index in [0.717, 1.165) is 76.4 Å². The van der Waals surface area contributed by atoms with Crippen molar-refractivity contribution in [2.75, 3.05) is 37.9 Å². The molecule has 2 saturated carbocycles. The van der Waals surface area contributed by atoms with Gasteiger partial charge < -0.3 is 30.7 Å². The lowest BCUT2D eigenvalue weighted by Gasteiger charge is -2.36. The molecule has 360 valence electrons. The maximum Gasteiger partial charge on any atom is 0.406 e. The highest BCUT2D eigenvalue weighted by Gasteiger charge is 2.31. The van der Waals surface area contributed by atoms with Crippen LogP contribution in [0.3, 0.4) is 0 Å². The molecule has 0 radical (unpaired) electrons. The molecule has 19 nitrogen and oxygen atoms in total. The van der Waals surface area contributed by atoms with Gasteiger partial charge in [-0.3, -0.25) is 9.97 Å². The molecule has 9 rings (SSSR count). The minimum absolute atomic E-state index is 0.106. The number of hydrogen-bond donors (Lipinski definition) is 4. The molecule has 24 heteroatoms. The highest BCUT2D eigenvalue weighted by molar-refractivity contribution is 14.1. The lowest BCUT2D eigenvalue weighted by Crippen LogP contribution is -2.42. The van der Waals surface area contributed by atoms with E-state index < -0.39 is 23.2 Å². The van der Waals surface area contributed by atoms with Crippen molar-refractivity contribution in [3.63, 3.8) is 0 Å². The molecule has 2 aliphatic carbocycles. The minimum Gasteiger partial charge on any atom is -0.453 e. The summed E-state index contributed by atoms with van der Waals surface area (Å²) in [4.78, 5) is 31.5. The second-order valence-electron chi connectivity index (χ2n) is 15.9. The van der Waals surface area contributed by atoms with E-state index in [1.165, 1.54) is 32.8 Å². The smallest absolute Gasteiger partial charge is 0.406 e. The van der Waals surface area contributed by atoms with Gasteiger partial charge in [0, 0.05) is 48.8 Å². The lowest BCUT2D eigenvalue weighted by molar-refractivity contribution is 0.0546. The first-order valence-corrected chi connectivity index (χ1v) is 22.6. The van der Waals surface area contributed by atoms with Gasteiger partial charge in [-0.2, -0.15) is 43.0 Å². The average Bonchev–Trinajstić information content (AvgIpc) is 4.11. The summed E-state index contributed by atoms with van der Waals surface area (Å²) in [7, 11) is 2.68. The molecule has 7 aromatic rings. The monoisotopic (exact) mass is 1070 g/mol. The molecule has 7 heterocycles. The number of amides is 2. The summed E-state index contributed by atoms with van der Waals surface area (Å²) >= 11 is 1.01. The molecule has 0 bridgehead atoms. The van der Waals surface area contributed by atoms with Crippen molar-refractivity contribution in [3.05, 3.63) is 96.2 Å². The largest absolute Gasteiger partial charge is 0.453 e. The first kappa shape index (κ1) is 49.8. The number of rotatable bonds is 12. The Hall–Kier alpha value is -8.05. The molecule has 2 amide bonds. The molecule has 0 atom stereocenters. The van der Waals surface area contributed by atoms with Crippen LogP contribution in [0.5, 0.6) is 0 Å². The Morgan fingerprint density at radius 3 is 1.70 bits per heavy atom. The molecule has 0 saturated heterocycles. The number of nitrogens with one attached hydrogen (secondary N) is 4. The van der Waals surface area contributed by atoms with Crippen molar-refractivity contribution < 1.29 is 36.6 Å². The molecule has 0 unspecified atom stereocenters. The van der Waals surface area contributed by atoms with Gasteiger partial charge in [-0.15, -0.1) is 11.5 Å². The van der Waals surface area contributed by atoms with Crippen molar-refractivity contribution in [2.24, 2.45) is 11.8 Å². The zero-order valence-electron chi connectivity index (χ0n) is 37.2. The van der Waals surface area contributed by atoms with Crippen LogP contribution in [0.1, 0.15) is 48.9 Å². The average molecular weight is 1070 g/mol. The summed E-state index contributed by atoms with van der Waals surface area (Å²) < 4.78 is 57.7. The zero-order chi connectivity index (χ0) is 49.9. The molecule has 7 aromatic heterocycles. The quantitative estimate of drug-likeness (QED) is 0.0394. The summed E-state index contributed by atoms with van der Waals surface area (Å²) in [6.07, 6.45) is 15.7. The summed E-state index contributed by atoms with van der Waals surface area (Å²) in [5, 5.41) is 46.7. The molecule has 70 heavy (non-hydrogen) atoms. The number of methoxy groups -OCH3 is 2. The van der Waals surface area contributed by atoms with Crippen molar-refractivity contribution >= 4 is 57.2 Å². The summed E-state index contributed by atoms with van der Waals surface area (Å²) in [5.74, 6) is 3.37. The predicted octanol–water partition coefficient (Wildman–Crippen LogP) is 7.91. The first-order valence-electron chi connectivity index (χ1n) is 21.3. The van der Waals surface area contributed by atoms with Gasteiger partial charge in [0.2, 0.25) is 0 Å². The number of carbonyl (C=O) groups excluding carboxylic acids is 2. The zero-order valence-corrected chi connectivity index (χ0v) is 39.4. The van der Waals surface area contributed by atoms with Crippen LogP contribution in [0.15, 0.2) is 79.5 Å². The van der Waals surface area contributed by atoms with E-state index in [4.69, 9.17) is 16.9 Å². The number of nitriles is 2. The van der Waals surface area contributed by atoms with E-state index in [1.807, 2.05) is 36.4 Å². The predicted molar refractivity (Wildman–Crippen MR) is 256 cm³/mol. The van der Waals surface area contributed by atoms with Crippen LogP contribution in [0.25, 0.3) is 45.1 Å². The van der Waals surface area contributed by atoms with Crippen LogP contribution in [0, 0.1) is 46.8 Å². The van der Waals surface area contributed by atoms with E-state index in [0.29, 0.717) is 68.9 Å². The molecule has 4 N–H and O–H groups in total. The van der Waals surface area contributed by atoms with Gasteiger partial charge in [0.05, 0.1) is 89.0 Å². The number of terminal acetylenes is 1. The Labute approximate surface area is 410 Å². The fourth-order valence-electron chi connectivity index (χ4n) is 7.83. The van der Waals surface area contributed by atoms with Crippen LogP contribution < -0.4 is 21.3 Å². The van der Waals surface area contributed by atoms with Gasteiger partial charge >= 0.3 is 18.7 Å². The number of pyridine rings is 2. The summed E-state index contributed by atoms with van der Waals surface area (Å²) in [6.45, 7) is -1.70. The molecular formula is C46H42F4IN15O4. The van der Waals surface area contributed by atoms with Gasteiger partial charge in [0.25, 0.3) is 4.43 Å². The van der Waals surface area contributed by atoms with Gasteiger partial charge in [-0.05, 0) is 109 Å². The third-order valence-corrected chi connectivity index (χ3v) is 11.4. The Morgan fingerprint density at radius 2 is 1.24 bits per heavy atom. The van der Waals surface area contributed by atoms with Gasteiger partial charge in [0.15, 0.2) is 0 Å². The summed E-state index contributed by atoms with van der Waals surface area (Å²) in [5.41, 5.74) is 8.35. The number of anilines is 2. The van der Waals surface area contributed by atoms with Crippen molar-refractivity contribution in [1.82, 2.24) is 54.8 Å². The van der Waals surface area contributed by atoms with Crippen molar-refractivity contribution in [2.45, 2.75) is 48.7 Å². The van der Waals surface area contributed by atoms with E-state index in [1.54, 1.807) is 33.6 Å². The molecular weight excluding hydrogens is 1030 g/mol. The summed E-state index contributed by atoms with van der Waals surface area (Å²) in [6, 6.07) is 19.3. The number of alkyl carbamates (subject to hydrolysis) is 2. The number of hydrogen-bond acceptors (Lipinski definition) is 14. The van der Waals surface area contributed by atoms with Crippen molar-refractivity contribution in [3.8, 4) is 58.5 Å². The number of fused-ring (bicyclic) bond motifs is 2. The Morgan fingerprint density at radius 1 is 0.757 bits per heavy atom. The standard InChI is InChI=1S/C23H21F2N9O2.C22H20N6O2.CHF2I/c1-36-23(35)28-9-13-4-15(5-13)30-18-7-19(21-3-2-16-6-14(8-26)10-29-34(16)21)27-11-17(18)20-12-33(22(24)25)32-31-20;1-3-16-13-24-20(21-5-4-18-8-15(10-23)12-26-28(18)21)9-19(16)27-17-6-14(7-17)11-25-22(29)30-2;2-1(3)4/h2-3,6-7,10-13,15,22H,4-5,9H2,1H3,(H,27,30)(H,28,35);1,4-5,8-9,12-14,17H,6-7,11H2,2H3,(H,24,27)(H,25,29);1H. The minimum atomic E-state index is -2.80. The van der Waals surface area contributed by atoms with Crippen LogP contribution in [-0.4, -0.2) is 100 Å². The third kappa shape index (κ3) is 12.1. The number of carbonyl (C=O) groups is 2. The Balaban J connectivity index is 0.000000194. The normalized spacial score (nSPS) is 16.7. The Bertz CT molecular complexity index is 3110. The fraction of sp³-hybridized carbons (Fsp3) is 0.304. The lowest BCUT2D eigenvalue weighted by atomic mass is 9.80. The fourth-order valence-corrected chi connectivity index (χ4v) is 7.83. The maximum atomic E-state index is 13.1. The maximum absolute atomic E-state index is 13.1. The molecule has 0 spiro atoms. The Kier molecular flexibility index (Phi) is 16.3. The molecule has 2 aliphatic rings. The topological polar surface area (TPSA) is 239 Å². The van der Waals surface area contributed by atoms with Crippen LogP contribution >= 0.6 is 22.6 Å². The van der Waals surface area contributed by atoms with E-state index in [-0.39, 0.29) is 17.8 Å². The van der Waals surface area contributed by atoms with Crippen LogP contribution in [0.2, 0.25) is 0 Å². The van der Waals surface area contributed by atoms with Crippen LogP contribution in [0.4, 0.5) is 38.5 Å². The van der Waals surface area contributed by atoms with E-state index >= 15 is 0 Å². The van der Waals surface area contributed by atoms with Crippen molar-refractivity contribution in [1.29, 1.82) is 10.5 Å². The number of nitrogens with zero attached hydrogens (tertiary/aromatic N) is 11. The molecule has 0 aliphatic heterocycles. The highest BCUT2D eigenvalue weighted by Crippen LogP contribution is 2.36. The number of ether oxygens (including phenoxy) is 2. The second-order valence-corrected chi connectivity index (χ2v) is 16.9. The van der Waals surface area contributed by atoms with E-state index in [9.17, 15) is 27.2 Å². The first-order chi connectivity index (χ1) is 33.8. The van der Waals surface area contributed by atoms with E-state index in [2.05, 4.69) is 79.3 Å². The van der Waals surface area contributed by atoms with Crippen LogP contribution in [-0.2, 0) is 9.47 Å². The second kappa shape index (κ2) is 22.8. The highest BCUT2D eigenvalue weighted by atomic mass is 127. The number of aromatic nitrogens is 9. The molecule has 0 aromatic carbocycles. The van der Waals surface area contributed by atoms with Gasteiger partial charge in [0.1, 0.15) is 17.8 Å². The number of alkyl halides is 5. The van der Waals surface area contributed by atoms with Gasteiger partial charge in [-0.25, -0.2) is 18.6 Å². The third-order valence-electron chi connectivity index (χ3n) is 11.4. The molecule has 2 fully saturated rings. The van der Waals surface area contributed by atoms with Gasteiger partial charge in [-0.1, -0.05) is 11.1 Å². The number of halogens is 5.